The van der Waals surface area contributed by atoms with Crippen LogP contribution in [0.2, 0.25) is 0 Å². The first-order chi connectivity index (χ1) is 12.8. The van der Waals surface area contributed by atoms with E-state index in [0.717, 1.165) is 0 Å². The highest BCUT2D eigenvalue weighted by atomic mass is 19.1. The van der Waals surface area contributed by atoms with Crippen LogP contribution in [0.5, 0.6) is 0 Å². The molecule has 1 aromatic heterocycles. The summed E-state index contributed by atoms with van der Waals surface area (Å²) in [6.45, 7) is 2.93. The minimum atomic E-state index is -0.726. The molecule has 2 aromatic rings. The average Bonchev–Trinajstić information content (AvgIpc) is 3.07. The summed E-state index contributed by atoms with van der Waals surface area (Å²) in [7, 11) is 0. The van der Waals surface area contributed by atoms with Crippen molar-refractivity contribution in [2.45, 2.75) is 32.7 Å². The highest BCUT2D eigenvalue weighted by molar-refractivity contribution is 5.95. The third-order valence-corrected chi connectivity index (χ3v) is 3.26. The minimum absolute atomic E-state index is 0.0468. The number of carbonyl (C=O) groups excluding carboxylic acids is 3. The molecule has 8 nitrogen and oxygen atoms in total. The van der Waals surface area contributed by atoms with E-state index < -0.39 is 24.5 Å². The number of nitrogens with one attached hydrogen (secondary N) is 2. The summed E-state index contributed by atoms with van der Waals surface area (Å²) in [5, 5.41) is 4.52. The highest BCUT2D eigenvalue weighted by Crippen LogP contribution is 2.21. The molecule has 1 heterocycles. The van der Waals surface area contributed by atoms with Crippen LogP contribution in [0.4, 0.5) is 9.18 Å². The number of imide groups is 1. The number of nitrogens with zero attached hydrogens (tertiary/aromatic N) is 1. The Balaban J connectivity index is 1.73. The van der Waals surface area contributed by atoms with E-state index in [1.807, 2.05) is 5.32 Å². The number of halogens is 1. The lowest BCUT2D eigenvalue weighted by molar-refractivity contribution is -0.148. The van der Waals surface area contributed by atoms with Crippen LogP contribution in [-0.4, -0.2) is 35.5 Å². The van der Waals surface area contributed by atoms with Crippen molar-refractivity contribution >= 4 is 17.9 Å². The molecule has 0 spiro atoms. The molecule has 0 aliphatic heterocycles. The van der Waals surface area contributed by atoms with Gasteiger partial charge in [0.15, 0.2) is 18.3 Å². The number of aryl methyl sites for hydroxylation is 1. The van der Waals surface area contributed by atoms with Gasteiger partial charge >= 0.3 is 12.0 Å². The Hall–Kier alpha value is -3.23. The summed E-state index contributed by atoms with van der Waals surface area (Å²) in [6, 6.07) is 4.95. The van der Waals surface area contributed by atoms with E-state index in [2.05, 4.69) is 10.3 Å². The Kier molecular flexibility index (Phi) is 7.04. The standard InChI is InChI=1S/C18H20FN3O5/c1-11(2)21-18(25)22-15(23)10-26-17(24)8-7-16-20-9-14(27-16)12-3-5-13(19)6-4-12/h3-6,9,11H,7-8,10H2,1-2H3,(H2,21,22,23,25). The molecule has 0 saturated carbocycles. The van der Waals surface area contributed by atoms with Crippen molar-refractivity contribution in [2.75, 3.05) is 6.61 Å². The Morgan fingerprint density at radius 3 is 2.59 bits per heavy atom. The van der Waals surface area contributed by atoms with Gasteiger partial charge < -0.3 is 14.5 Å². The second-order valence-electron chi connectivity index (χ2n) is 5.96. The smallest absolute Gasteiger partial charge is 0.321 e. The predicted molar refractivity (Wildman–Crippen MR) is 93.0 cm³/mol. The van der Waals surface area contributed by atoms with Crippen molar-refractivity contribution in [3.05, 3.63) is 42.2 Å². The van der Waals surface area contributed by atoms with E-state index in [9.17, 15) is 18.8 Å². The third-order valence-electron chi connectivity index (χ3n) is 3.26. The number of oxazole rings is 1. The van der Waals surface area contributed by atoms with E-state index in [-0.39, 0.29) is 24.7 Å². The number of hydrogen-bond acceptors (Lipinski definition) is 6. The summed E-state index contributed by atoms with van der Waals surface area (Å²) >= 11 is 0. The lowest BCUT2D eigenvalue weighted by Crippen LogP contribution is -2.44. The van der Waals surface area contributed by atoms with Gasteiger partial charge in [-0.2, -0.15) is 0 Å². The van der Waals surface area contributed by atoms with E-state index in [4.69, 9.17) is 9.15 Å². The molecule has 0 aliphatic carbocycles. The van der Waals surface area contributed by atoms with Gasteiger partial charge in [-0.3, -0.25) is 14.9 Å². The quantitative estimate of drug-likeness (QED) is 0.716. The maximum atomic E-state index is 12.9. The predicted octanol–water partition coefficient (Wildman–Crippen LogP) is 2.19. The van der Waals surface area contributed by atoms with Gasteiger partial charge in [0.05, 0.1) is 12.6 Å². The van der Waals surface area contributed by atoms with Gasteiger partial charge in [-0.25, -0.2) is 14.2 Å². The van der Waals surface area contributed by atoms with E-state index in [1.54, 1.807) is 26.0 Å². The molecule has 0 bridgehead atoms. The minimum Gasteiger partial charge on any atom is -0.456 e. The van der Waals surface area contributed by atoms with Gasteiger partial charge in [0.1, 0.15) is 5.82 Å². The molecule has 27 heavy (non-hydrogen) atoms. The highest BCUT2D eigenvalue weighted by Gasteiger charge is 2.13. The van der Waals surface area contributed by atoms with Crippen LogP contribution in [0.3, 0.4) is 0 Å². The SMILES string of the molecule is CC(C)NC(=O)NC(=O)COC(=O)CCc1ncc(-c2ccc(F)cc2)o1. The van der Waals surface area contributed by atoms with Crippen molar-refractivity contribution in [3.63, 3.8) is 0 Å². The first-order valence-corrected chi connectivity index (χ1v) is 8.30. The van der Waals surface area contributed by atoms with Crippen LogP contribution in [0, 0.1) is 5.82 Å². The largest absolute Gasteiger partial charge is 0.456 e. The number of carbonyl (C=O) groups is 3. The lowest BCUT2D eigenvalue weighted by atomic mass is 10.2. The van der Waals surface area contributed by atoms with E-state index in [0.29, 0.717) is 17.2 Å². The summed E-state index contributed by atoms with van der Waals surface area (Å²) in [5.74, 6) is -0.944. The molecule has 3 amide bonds. The summed E-state index contributed by atoms with van der Waals surface area (Å²) in [6.07, 6.45) is 1.61. The number of esters is 1. The van der Waals surface area contributed by atoms with Crippen LogP contribution in [-0.2, 0) is 20.7 Å². The normalized spacial score (nSPS) is 10.5. The fourth-order valence-corrected chi connectivity index (χ4v) is 2.06. The molecule has 0 unspecified atom stereocenters. The first-order valence-electron chi connectivity index (χ1n) is 8.30. The average molecular weight is 377 g/mol. The van der Waals surface area contributed by atoms with Crippen molar-refractivity contribution in [1.82, 2.24) is 15.6 Å². The molecule has 1 aromatic carbocycles. The molecular weight excluding hydrogens is 357 g/mol. The molecule has 0 saturated heterocycles. The molecule has 9 heteroatoms. The number of hydrogen-bond donors (Lipinski definition) is 2. The first kappa shape index (κ1) is 20.1. The van der Waals surface area contributed by atoms with Gasteiger partial charge in [0, 0.05) is 18.0 Å². The number of benzene rings is 1. The van der Waals surface area contributed by atoms with Gasteiger partial charge in [-0.1, -0.05) is 0 Å². The number of ether oxygens (including phenoxy) is 1. The Labute approximate surface area is 155 Å². The van der Waals surface area contributed by atoms with Gasteiger partial charge in [-0.15, -0.1) is 0 Å². The maximum absolute atomic E-state index is 12.9. The third kappa shape index (κ3) is 6.89. The molecule has 0 fully saturated rings. The molecule has 0 radical (unpaired) electrons. The van der Waals surface area contributed by atoms with Crippen molar-refractivity contribution in [1.29, 1.82) is 0 Å². The number of urea groups is 1. The fourth-order valence-electron chi connectivity index (χ4n) is 2.06. The van der Waals surface area contributed by atoms with E-state index >= 15 is 0 Å². The topological polar surface area (TPSA) is 111 Å². The zero-order valence-corrected chi connectivity index (χ0v) is 15.0. The zero-order chi connectivity index (χ0) is 19.8. The van der Waals surface area contributed by atoms with Gasteiger partial charge in [-0.05, 0) is 38.1 Å². The number of rotatable bonds is 7. The summed E-state index contributed by atoms with van der Waals surface area (Å²) < 4.78 is 23.2. The van der Waals surface area contributed by atoms with E-state index in [1.165, 1.54) is 18.3 Å². The Bertz CT molecular complexity index is 802. The van der Waals surface area contributed by atoms with Crippen LogP contribution in [0.1, 0.15) is 26.2 Å². The van der Waals surface area contributed by atoms with Gasteiger partial charge in [0.25, 0.3) is 5.91 Å². The zero-order valence-electron chi connectivity index (χ0n) is 15.0. The summed E-state index contributed by atoms with van der Waals surface area (Å²) in [4.78, 5) is 38.6. The van der Waals surface area contributed by atoms with Crippen LogP contribution in [0.25, 0.3) is 11.3 Å². The van der Waals surface area contributed by atoms with Crippen molar-refractivity contribution < 1.29 is 27.9 Å². The number of aromatic nitrogens is 1. The van der Waals surface area contributed by atoms with Crippen molar-refractivity contribution in [3.8, 4) is 11.3 Å². The molecule has 2 N–H and O–H groups in total. The van der Waals surface area contributed by atoms with Crippen LogP contribution < -0.4 is 10.6 Å². The van der Waals surface area contributed by atoms with Crippen LogP contribution in [0.15, 0.2) is 34.9 Å². The molecular formula is C18H20FN3O5. The molecule has 0 atom stereocenters. The fraction of sp³-hybridized carbons (Fsp3) is 0.333. The monoisotopic (exact) mass is 377 g/mol. The number of amides is 3. The molecule has 2 rings (SSSR count). The second kappa shape index (κ2) is 9.46. The molecule has 0 aliphatic rings. The molecule has 144 valence electrons. The van der Waals surface area contributed by atoms with Crippen molar-refractivity contribution in [2.24, 2.45) is 0 Å². The van der Waals surface area contributed by atoms with Crippen LogP contribution >= 0.6 is 0 Å². The Morgan fingerprint density at radius 1 is 1.22 bits per heavy atom. The lowest BCUT2D eigenvalue weighted by Gasteiger charge is -2.09. The summed E-state index contributed by atoms with van der Waals surface area (Å²) in [5.41, 5.74) is 0.661. The Morgan fingerprint density at radius 2 is 1.93 bits per heavy atom. The second-order valence-corrected chi connectivity index (χ2v) is 5.96. The maximum Gasteiger partial charge on any atom is 0.321 e. The van der Waals surface area contributed by atoms with Gasteiger partial charge in [0.2, 0.25) is 0 Å².